The van der Waals surface area contributed by atoms with Gasteiger partial charge in [0.15, 0.2) is 6.10 Å². The second-order valence-electron chi connectivity index (χ2n) is 6.62. The second-order valence-corrected chi connectivity index (χ2v) is 7.06. The van der Waals surface area contributed by atoms with Crippen LogP contribution in [0.4, 0.5) is 5.82 Å². The van der Waals surface area contributed by atoms with E-state index in [2.05, 4.69) is 10.3 Å². The van der Waals surface area contributed by atoms with Gasteiger partial charge in [-0.2, -0.15) is 0 Å². The summed E-state index contributed by atoms with van der Waals surface area (Å²) in [6.07, 6.45) is 0.168. The summed E-state index contributed by atoms with van der Waals surface area (Å²) in [6, 6.07) is 3.04. The zero-order valence-electron chi connectivity index (χ0n) is 14.9. The highest BCUT2D eigenvalue weighted by Crippen LogP contribution is 2.36. The van der Waals surface area contributed by atoms with E-state index in [9.17, 15) is 24.5 Å². The molecule has 1 N–H and O–H groups in total. The second kappa shape index (κ2) is 8.90. The number of amides is 1. The zero-order chi connectivity index (χ0) is 20.1. The van der Waals surface area contributed by atoms with Crippen LogP contribution < -0.4 is 5.32 Å². The average molecular weight is 398 g/mol. The van der Waals surface area contributed by atoms with Crippen molar-refractivity contribution in [2.24, 2.45) is 17.8 Å². The lowest BCUT2D eigenvalue weighted by molar-refractivity contribution is -0.490. The van der Waals surface area contributed by atoms with Gasteiger partial charge in [0.05, 0.1) is 11.4 Å². The Kier molecular flexibility index (Phi) is 6.84. The quantitative estimate of drug-likeness (QED) is 0.423. The number of carbonyl (C=O) groups is 3. The van der Waals surface area contributed by atoms with Gasteiger partial charge in [0, 0.05) is 29.4 Å². The first-order valence-corrected chi connectivity index (χ1v) is 8.81. The number of esters is 1. The maximum absolute atomic E-state index is 12.1. The van der Waals surface area contributed by atoms with E-state index in [-0.39, 0.29) is 36.9 Å². The predicted molar refractivity (Wildman–Crippen MR) is 95.7 cm³/mol. The first-order valence-electron chi connectivity index (χ1n) is 8.43. The Bertz CT molecular complexity index is 739. The van der Waals surface area contributed by atoms with E-state index in [4.69, 9.17) is 16.3 Å². The molecular formula is C17H20ClN3O6. The van der Waals surface area contributed by atoms with Gasteiger partial charge in [-0.05, 0) is 25.0 Å². The van der Waals surface area contributed by atoms with Crippen LogP contribution in [0.2, 0.25) is 5.02 Å². The fourth-order valence-electron chi connectivity index (χ4n) is 3.16. The smallest absolute Gasteiger partial charge is 0.307 e. The molecule has 0 radical (unpaired) electrons. The fourth-order valence-corrected chi connectivity index (χ4v) is 3.27. The van der Waals surface area contributed by atoms with E-state index in [1.165, 1.54) is 19.2 Å². The highest BCUT2D eigenvalue weighted by Gasteiger charge is 2.44. The van der Waals surface area contributed by atoms with Crippen LogP contribution in [0.15, 0.2) is 18.3 Å². The minimum Gasteiger partial charge on any atom is -0.453 e. The molecule has 2 rings (SSSR count). The molecule has 0 bridgehead atoms. The first-order chi connectivity index (χ1) is 12.7. The van der Waals surface area contributed by atoms with E-state index in [1.807, 2.05) is 0 Å². The number of rotatable bonds is 7. The van der Waals surface area contributed by atoms with Gasteiger partial charge in [0.2, 0.25) is 6.54 Å². The van der Waals surface area contributed by atoms with E-state index in [1.54, 1.807) is 13.0 Å². The van der Waals surface area contributed by atoms with Crippen LogP contribution in [0.5, 0.6) is 0 Å². The van der Waals surface area contributed by atoms with Crippen molar-refractivity contribution < 1.29 is 24.0 Å². The number of Topliss-reactive ketones (excluding diaryl/α,β-unsaturated/α-hetero) is 1. The van der Waals surface area contributed by atoms with E-state index in [0.717, 1.165) is 0 Å². The van der Waals surface area contributed by atoms with Crippen LogP contribution in [-0.2, 0) is 19.1 Å². The number of ether oxygens (including phenoxy) is 1. The predicted octanol–water partition coefficient (Wildman–Crippen LogP) is 2.11. The molecule has 1 aromatic rings. The molecule has 0 aromatic carbocycles. The maximum atomic E-state index is 12.1. The van der Waals surface area contributed by atoms with Crippen molar-refractivity contribution >= 4 is 35.1 Å². The van der Waals surface area contributed by atoms with E-state index < -0.39 is 34.7 Å². The highest BCUT2D eigenvalue weighted by molar-refractivity contribution is 6.30. The van der Waals surface area contributed by atoms with Gasteiger partial charge in [-0.3, -0.25) is 24.5 Å². The van der Waals surface area contributed by atoms with Crippen molar-refractivity contribution in [2.45, 2.75) is 32.8 Å². The molecular weight excluding hydrogens is 378 g/mol. The Morgan fingerprint density at radius 2 is 2.19 bits per heavy atom. The van der Waals surface area contributed by atoms with Crippen molar-refractivity contribution in [3.8, 4) is 0 Å². The maximum Gasteiger partial charge on any atom is 0.307 e. The lowest BCUT2D eigenvalue weighted by Crippen LogP contribution is -2.32. The monoisotopic (exact) mass is 397 g/mol. The lowest BCUT2D eigenvalue weighted by Gasteiger charge is -2.18. The van der Waals surface area contributed by atoms with Crippen LogP contribution in [-0.4, -0.2) is 40.2 Å². The third-order valence-corrected chi connectivity index (χ3v) is 4.81. The molecule has 4 atom stereocenters. The minimum absolute atomic E-state index is 0.169. The molecule has 1 fully saturated rings. The number of hydrogen-bond donors (Lipinski definition) is 1. The molecule has 1 aliphatic carbocycles. The number of nitrogens with zero attached hydrogens (tertiary/aromatic N) is 2. The van der Waals surface area contributed by atoms with Gasteiger partial charge in [-0.15, -0.1) is 0 Å². The molecule has 0 saturated heterocycles. The number of anilines is 1. The lowest BCUT2D eigenvalue weighted by atomic mass is 9.88. The summed E-state index contributed by atoms with van der Waals surface area (Å²) >= 11 is 5.71. The van der Waals surface area contributed by atoms with Crippen molar-refractivity contribution in [3.63, 3.8) is 0 Å². The first kappa shape index (κ1) is 20.8. The van der Waals surface area contributed by atoms with Gasteiger partial charge >= 0.3 is 5.97 Å². The van der Waals surface area contributed by atoms with Gasteiger partial charge < -0.3 is 10.1 Å². The van der Waals surface area contributed by atoms with E-state index >= 15 is 0 Å². The largest absolute Gasteiger partial charge is 0.453 e. The summed E-state index contributed by atoms with van der Waals surface area (Å²) in [5.41, 5.74) is 0. The van der Waals surface area contributed by atoms with E-state index in [0.29, 0.717) is 5.02 Å². The summed E-state index contributed by atoms with van der Waals surface area (Å²) in [7, 11) is 0. The average Bonchev–Trinajstić information content (AvgIpc) is 2.83. The Morgan fingerprint density at radius 1 is 1.48 bits per heavy atom. The van der Waals surface area contributed by atoms with Gasteiger partial charge in [0.25, 0.3) is 5.91 Å². The summed E-state index contributed by atoms with van der Waals surface area (Å²) in [5.74, 6) is -2.72. The number of nitrogens with one attached hydrogen (secondary N) is 1. The Balaban J connectivity index is 1.91. The van der Waals surface area contributed by atoms with Crippen LogP contribution >= 0.6 is 11.6 Å². The number of nitro groups is 1. The molecule has 0 unspecified atom stereocenters. The standard InChI is InChI=1S/C17H20ClN3O6/c1-9-5-14(22)12(13(9)8-21(25)26)6-16(23)27-10(2)17(24)20-15-4-3-11(18)7-19-15/h3-4,7,9-10,12-13H,5-6,8H2,1-2H3,(H,19,20,24)/t9-,10+,12+,13-/m1/s1. The number of pyridine rings is 1. The van der Waals surface area contributed by atoms with Crippen molar-refractivity contribution in [2.75, 3.05) is 11.9 Å². The van der Waals surface area contributed by atoms with Crippen LogP contribution in [0, 0.1) is 27.9 Å². The molecule has 9 nitrogen and oxygen atoms in total. The zero-order valence-corrected chi connectivity index (χ0v) is 15.6. The molecule has 146 valence electrons. The number of aromatic nitrogens is 1. The SMILES string of the molecule is C[C@H](OC(=O)C[C@@H]1C(=O)C[C@@H](C)[C@H]1C[N+](=O)[O-])C(=O)Nc1ccc(Cl)cn1. The van der Waals surface area contributed by atoms with Crippen LogP contribution in [0.1, 0.15) is 26.7 Å². The normalized spacial score (nSPS) is 22.9. The number of hydrogen-bond acceptors (Lipinski definition) is 7. The van der Waals surface area contributed by atoms with Gasteiger partial charge in [-0.1, -0.05) is 18.5 Å². The Morgan fingerprint density at radius 3 is 2.78 bits per heavy atom. The number of carbonyl (C=O) groups excluding carboxylic acids is 3. The topological polar surface area (TPSA) is 128 Å². The van der Waals surface area contributed by atoms with Crippen LogP contribution in [0.3, 0.4) is 0 Å². The molecule has 1 heterocycles. The van der Waals surface area contributed by atoms with Crippen molar-refractivity contribution in [1.82, 2.24) is 4.98 Å². The molecule has 1 aliphatic rings. The molecule has 1 amide bonds. The number of ketones is 1. The summed E-state index contributed by atoms with van der Waals surface area (Å²) in [4.78, 5) is 50.5. The molecule has 10 heteroatoms. The highest BCUT2D eigenvalue weighted by atomic mass is 35.5. The third-order valence-electron chi connectivity index (χ3n) is 4.59. The Labute approximate surface area is 160 Å². The minimum atomic E-state index is -1.11. The summed E-state index contributed by atoms with van der Waals surface area (Å²) in [5, 5.41) is 13.7. The van der Waals surface area contributed by atoms with Crippen LogP contribution in [0.25, 0.3) is 0 Å². The van der Waals surface area contributed by atoms with Gasteiger partial charge in [0.1, 0.15) is 11.6 Å². The summed E-state index contributed by atoms with van der Waals surface area (Å²) < 4.78 is 5.08. The van der Waals surface area contributed by atoms with Crippen molar-refractivity contribution in [1.29, 1.82) is 0 Å². The number of halogens is 1. The third kappa shape index (κ3) is 5.72. The van der Waals surface area contributed by atoms with Crippen molar-refractivity contribution in [3.05, 3.63) is 33.5 Å². The Hall–Kier alpha value is -2.55. The van der Waals surface area contributed by atoms with Gasteiger partial charge in [-0.25, -0.2) is 4.98 Å². The molecule has 1 saturated carbocycles. The molecule has 27 heavy (non-hydrogen) atoms. The molecule has 1 aromatic heterocycles. The molecule has 0 spiro atoms. The summed E-state index contributed by atoms with van der Waals surface area (Å²) in [6.45, 7) is 2.77. The molecule has 0 aliphatic heterocycles. The fraction of sp³-hybridized carbons (Fsp3) is 0.529.